The molecule has 0 unspecified atom stereocenters. The van der Waals surface area contributed by atoms with Crippen molar-refractivity contribution in [2.45, 2.75) is 142 Å². The molecule has 0 rings (SSSR count). The van der Waals surface area contributed by atoms with Gasteiger partial charge in [0.25, 0.3) is 0 Å². The summed E-state index contributed by atoms with van der Waals surface area (Å²) in [4.78, 5) is 11.6. The van der Waals surface area contributed by atoms with Gasteiger partial charge in [0, 0.05) is 25.4 Å². The fourth-order valence-electron chi connectivity index (χ4n) is 3.06. The van der Waals surface area contributed by atoms with Crippen LogP contribution in [-0.4, -0.2) is 67.9 Å². The molecule has 0 saturated carbocycles. The average molecular weight is 564 g/mol. The maximum absolute atomic E-state index is 11.6. The van der Waals surface area contributed by atoms with Crippen molar-refractivity contribution in [3.8, 4) is 0 Å². The van der Waals surface area contributed by atoms with E-state index in [1.54, 1.807) is 0 Å². The normalized spacial score (nSPS) is 14.9. The van der Waals surface area contributed by atoms with Gasteiger partial charge in [-0.3, -0.25) is 4.79 Å². The lowest BCUT2D eigenvalue weighted by atomic mass is 9.88. The van der Waals surface area contributed by atoms with Crippen molar-refractivity contribution >= 4 is 30.9 Å². The molecule has 0 aliphatic heterocycles. The van der Waals surface area contributed by atoms with Crippen molar-refractivity contribution in [2.75, 3.05) is 26.4 Å². The minimum atomic E-state index is -1.91. The maximum Gasteiger partial charge on any atom is 0.317 e. The van der Waals surface area contributed by atoms with E-state index in [4.69, 9.17) is 13.3 Å². The standard InChI is InChI=1S/C27H61NO5Si3/c1-24(2,3)34(10,11)31-19-16-27(28-22-23(29)30,17-20-32-35(12,13)25(4,5)6)18-21-33-36(14,15)26(7,8)9/h28H,16-22H2,1-15H3,(H,29,30). The first kappa shape index (κ1) is 36.0. The lowest BCUT2D eigenvalue weighted by molar-refractivity contribution is -0.136. The Labute approximate surface area is 227 Å². The number of carbonyl (C=O) groups is 1. The van der Waals surface area contributed by atoms with Crippen LogP contribution >= 0.6 is 0 Å². The van der Waals surface area contributed by atoms with Gasteiger partial charge in [-0.25, -0.2) is 0 Å². The SMILES string of the molecule is CC(C)(C)[Si](C)(C)OCCC(CCO[Si](C)(C)C(C)(C)C)(CCO[Si](C)(C)C(C)(C)C)NCC(=O)O. The van der Waals surface area contributed by atoms with E-state index in [9.17, 15) is 9.90 Å². The van der Waals surface area contributed by atoms with Crippen molar-refractivity contribution in [2.24, 2.45) is 0 Å². The van der Waals surface area contributed by atoms with E-state index in [-0.39, 0.29) is 21.7 Å². The molecule has 0 amide bonds. The number of carboxylic acids is 1. The second-order valence-electron chi connectivity index (χ2n) is 15.1. The Hall–Kier alpha value is -0.0394. The minimum absolute atomic E-state index is 0.0831. The Balaban J connectivity index is 5.82. The number of aliphatic carboxylic acids is 1. The molecule has 0 aromatic rings. The zero-order valence-corrected chi connectivity index (χ0v) is 29.5. The predicted octanol–water partition coefficient (Wildman–Crippen LogP) is 7.64. The molecule has 0 aromatic heterocycles. The molecule has 6 nitrogen and oxygen atoms in total. The van der Waals surface area contributed by atoms with Gasteiger partial charge in [-0.15, -0.1) is 0 Å². The zero-order chi connectivity index (χ0) is 28.9. The van der Waals surface area contributed by atoms with Crippen molar-refractivity contribution < 1.29 is 23.2 Å². The van der Waals surface area contributed by atoms with Crippen molar-refractivity contribution in [1.29, 1.82) is 0 Å². The lowest BCUT2D eigenvalue weighted by Crippen LogP contribution is -2.52. The molecule has 216 valence electrons. The van der Waals surface area contributed by atoms with Crippen LogP contribution in [0.15, 0.2) is 0 Å². The first-order valence-corrected chi connectivity index (χ1v) is 22.4. The third-order valence-electron chi connectivity index (χ3n) is 9.16. The molecule has 0 radical (unpaired) electrons. The number of nitrogens with one attached hydrogen (secondary N) is 1. The zero-order valence-electron chi connectivity index (χ0n) is 26.5. The highest BCUT2D eigenvalue weighted by Gasteiger charge is 2.41. The van der Waals surface area contributed by atoms with Crippen molar-refractivity contribution in [1.82, 2.24) is 5.32 Å². The molecule has 0 aliphatic rings. The highest BCUT2D eigenvalue weighted by Crippen LogP contribution is 2.39. The van der Waals surface area contributed by atoms with Crippen LogP contribution in [0.4, 0.5) is 0 Å². The first-order valence-electron chi connectivity index (χ1n) is 13.7. The quantitative estimate of drug-likeness (QED) is 0.199. The second-order valence-corrected chi connectivity index (χ2v) is 29.5. The van der Waals surface area contributed by atoms with E-state index in [0.29, 0.717) is 19.8 Å². The third-order valence-corrected chi connectivity index (χ3v) is 22.8. The van der Waals surface area contributed by atoms with Gasteiger partial charge in [-0.2, -0.15) is 0 Å². The van der Waals surface area contributed by atoms with Crippen molar-refractivity contribution in [3.05, 3.63) is 0 Å². The lowest BCUT2D eigenvalue weighted by Gasteiger charge is -2.42. The van der Waals surface area contributed by atoms with E-state index >= 15 is 0 Å². The average Bonchev–Trinajstić information content (AvgIpc) is 2.63. The third kappa shape index (κ3) is 11.4. The summed E-state index contributed by atoms with van der Waals surface area (Å²) in [5, 5.41) is 13.3. The molecule has 0 spiro atoms. The highest BCUT2D eigenvalue weighted by molar-refractivity contribution is 6.74. The molecule has 0 heterocycles. The van der Waals surface area contributed by atoms with Crippen molar-refractivity contribution in [3.63, 3.8) is 0 Å². The number of rotatable bonds is 15. The van der Waals surface area contributed by atoms with Crippen LogP contribution < -0.4 is 5.32 Å². The predicted molar refractivity (Wildman–Crippen MR) is 162 cm³/mol. The molecule has 36 heavy (non-hydrogen) atoms. The summed E-state index contributed by atoms with van der Waals surface area (Å²) in [5.74, 6) is -0.847. The van der Waals surface area contributed by atoms with Crippen LogP contribution in [0.1, 0.15) is 81.6 Å². The minimum Gasteiger partial charge on any atom is -0.480 e. The highest BCUT2D eigenvalue weighted by atomic mass is 28.4. The van der Waals surface area contributed by atoms with Gasteiger partial charge >= 0.3 is 5.97 Å². The molecule has 0 aliphatic carbocycles. The van der Waals surface area contributed by atoms with Gasteiger partial charge in [-0.05, 0) is 73.7 Å². The van der Waals surface area contributed by atoms with Crippen LogP contribution in [0.25, 0.3) is 0 Å². The van der Waals surface area contributed by atoms with E-state index in [0.717, 1.165) is 19.3 Å². The molecule has 2 N–H and O–H groups in total. The largest absolute Gasteiger partial charge is 0.480 e. The Kier molecular flexibility index (Phi) is 12.9. The number of hydrogen-bond acceptors (Lipinski definition) is 5. The summed E-state index contributed by atoms with van der Waals surface area (Å²) in [6.07, 6.45) is 2.19. The molecule has 0 atom stereocenters. The van der Waals surface area contributed by atoms with Gasteiger partial charge in [0.2, 0.25) is 0 Å². The summed E-state index contributed by atoms with van der Waals surface area (Å²) < 4.78 is 19.6. The summed E-state index contributed by atoms with van der Waals surface area (Å²) >= 11 is 0. The van der Waals surface area contributed by atoms with Gasteiger partial charge in [0.1, 0.15) is 0 Å². The Morgan fingerprint density at radius 2 is 0.861 bits per heavy atom. The molecule has 0 saturated heterocycles. The van der Waals surface area contributed by atoms with Crippen LogP contribution in [0, 0.1) is 0 Å². The van der Waals surface area contributed by atoms with E-state index in [1.165, 1.54) is 0 Å². The molecular formula is C27H61NO5Si3. The van der Waals surface area contributed by atoms with Gasteiger partial charge in [0.05, 0.1) is 6.54 Å². The smallest absolute Gasteiger partial charge is 0.317 e. The van der Waals surface area contributed by atoms with Crippen LogP contribution in [0.2, 0.25) is 54.4 Å². The van der Waals surface area contributed by atoms with Gasteiger partial charge in [0.15, 0.2) is 25.0 Å². The summed E-state index contributed by atoms with van der Waals surface area (Å²) in [6, 6.07) is 0. The topological polar surface area (TPSA) is 77.0 Å². The molecular weight excluding hydrogens is 503 g/mol. The molecule has 0 aromatic carbocycles. The molecule has 9 heteroatoms. The Bertz CT molecular complexity index is 610. The fourth-order valence-corrected chi connectivity index (χ4v) is 6.19. The number of hydrogen-bond donors (Lipinski definition) is 2. The fraction of sp³-hybridized carbons (Fsp3) is 0.963. The van der Waals surface area contributed by atoms with E-state index in [1.807, 2.05) is 0 Å². The summed E-state index contributed by atoms with van der Waals surface area (Å²) in [7, 11) is -5.74. The van der Waals surface area contributed by atoms with Gasteiger partial charge in [-0.1, -0.05) is 62.3 Å². The second kappa shape index (κ2) is 12.9. The summed E-state index contributed by atoms with van der Waals surface area (Å²) in [5.41, 5.74) is -0.425. The Morgan fingerprint density at radius 1 is 0.611 bits per heavy atom. The van der Waals surface area contributed by atoms with Crippen LogP contribution in [0.3, 0.4) is 0 Å². The van der Waals surface area contributed by atoms with E-state index in [2.05, 4.69) is 107 Å². The van der Waals surface area contributed by atoms with Crippen LogP contribution in [-0.2, 0) is 18.1 Å². The molecule has 0 fully saturated rings. The monoisotopic (exact) mass is 563 g/mol. The number of carboxylic acid groups (broad SMARTS) is 1. The maximum atomic E-state index is 11.6. The summed E-state index contributed by atoms with van der Waals surface area (Å²) in [6.45, 7) is 35.5. The van der Waals surface area contributed by atoms with E-state index < -0.39 is 36.5 Å². The molecule has 0 bridgehead atoms. The van der Waals surface area contributed by atoms with Gasteiger partial charge < -0.3 is 23.7 Å². The Morgan fingerprint density at radius 3 is 1.06 bits per heavy atom. The van der Waals surface area contributed by atoms with Crippen LogP contribution in [0.5, 0.6) is 0 Å². The first-order chi connectivity index (χ1) is 15.8.